The van der Waals surface area contributed by atoms with Gasteiger partial charge < -0.3 is 0 Å². The molecule has 0 fully saturated rings. The third-order valence-corrected chi connectivity index (χ3v) is 3.96. The summed E-state index contributed by atoms with van der Waals surface area (Å²) in [7, 11) is 0. The fourth-order valence-corrected chi connectivity index (χ4v) is 2.80. The Kier molecular flexibility index (Phi) is 2.91. The Morgan fingerprint density at radius 3 is 2.65 bits per heavy atom. The molecule has 0 radical (unpaired) electrons. The van der Waals surface area contributed by atoms with Crippen LogP contribution in [0.5, 0.6) is 0 Å². The summed E-state index contributed by atoms with van der Waals surface area (Å²) in [5.74, 6) is -0.497. The van der Waals surface area contributed by atoms with Crippen molar-refractivity contribution in [2.45, 2.75) is 6.18 Å². The molecule has 4 rings (SSSR count). The molecule has 4 aromatic rings. The van der Waals surface area contributed by atoms with Crippen LogP contribution < -0.4 is 0 Å². The second-order valence-corrected chi connectivity index (χ2v) is 5.45. The Morgan fingerprint density at radius 1 is 1.13 bits per heavy atom. The molecule has 4 heterocycles. The molecule has 0 spiro atoms. The lowest BCUT2D eigenvalue weighted by atomic mass is 10.3. The van der Waals surface area contributed by atoms with Crippen LogP contribution in [-0.2, 0) is 6.18 Å². The molecule has 0 aromatic carbocycles. The van der Waals surface area contributed by atoms with E-state index in [0.29, 0.717) is 20.9 Å². The molecule has 0 unspecified atom stereocenters. The maximum atomic E-state index is 12.8. The summed E-state index contributed by atoms with van der Waals surface area (Å²) in [6.45, 7) is 0. The zero-order valence-electron chi connectivity index (χ0n) is 11.1. The van der Waals surface area contributed by atoms with Crippen molar-refractivity contribution in [1.29, 1.82) is 0 Å². The van der Waals surface area contributed by atoms with Crippen LogP contribution >= 0.6 is 11.3 Å². The molecule has 0 aliphatic rings. The first-order chi connectivity index (χ1) is 11.0. The van der Waals surface area contributed by atoms with Crippen molar-refractivity contribution < 1.29 is 13.2 Å². The summed E-state index contributed by atoms with van der Waals surface area (Å²) < 4.78 is 40.8. The summed E-state index contributed by atoms with van der Waals surface area (Å²) >= 11 is 1.01. The second kappa shape index (κ2) is 4.84. The number of hydrogen-bond acceptors (Lipinski definition) is 6. The van der Waals surface area contributed by atoms with Crippen molar-refractivity contribution in [3.05, 3.63) is 42.9 Å². The molecule has 0 aliphatic heterocycles. The SMILES string of the molecule is FC(F)(F)c1nnc2sc(-c3ccc(-n4ccnc4)nc3)nn12. The fraction of sp³-hybridized carbons (Fsp3) is 0.0833. The van der Waals surface area contributed by atoms with E-state index in [2.05, 4.69) is 25.3 Å². The van der Waals surface area contributed by atoms with Crippen molar-refractivity contribution in [1.82, 2.24) is 34.3 Å². The van der Waals surface area contributed by atoms with E-state index in [1.807, 2.05) is 0 Å². The van der Waals surface area contributed by atoms with Gasteiger partial charge in [0.1, 0.15) is 17.2 Å². The van der Waals surface area contributed by atoms with E-state index in [1.54, 1.807) is 35.4 Å². The van der Waals surface area contributed by atoms with Gasteiger partial charge in [0.15, 0.2) is 0 Å². The Bertz CT molecular complexity index is 953. The monoisotopic (exact) mass is 337 g/mol. The summed E-state index contributed by atoms with van der Waals surface area (Å²) in [4.78, 5) is 8.24. The van der Waals surface area contributed by atoms with Gasteiger partial charge in [-0.15, -0.1) is 10.2 Å². The highest BCUT2D eigenvalue weighted by Crippen LogP contribution is 2.31. The van der Waals surface area contributed by atoms with Crippen molar-refractivity contribution in [3.63, 3.8) is 0 Å². The normalized spacial score (nSPS) is 12.1. The molecule has 7 nitrogen and oxygen atoms in total. The molecule has 0 bridgehead atoms. The molecule has 0 amide bonds. The first-order valence-corrected chi connectivity index (χ1v) is 7.08. The van der Waals surface area contributed by atoms with Crippen molar-refractivity contribution in [3.8, 4) is 16.4 Å². The number of hydrogen-bond donors (Lipinski definition) is 0. The number of alkyl halides is 3. The van der Waals surface area contributed by atoms with Gasteiger partial charge in [0, 0.05) is 24.2 Å². The highest BCUT2D eigenvalue weighted by molar-refractivity contribution is 7.19. The van der Waals surface area contributed by atoms with Crippen LogP contribution in [0, 0.1) is 0 Å². The third kappa shape index (κ3) is 2.34. The van der Waals surface area contributed by atoms with E-state index in [1.165, 1.54) is 6.20 Å². The first-order valence-electron chi connectivity index (χ1n) is 6.26. The number of pyridine rings is 1. The number of rotatable bonds is 2. The zero-order chi connectivity index (χ0) is 16.0. The van der Waals surface area contributed by atoms with E-state index in [0.717, 1.165) is 11.3 Å². The summed E-state index contributed by atoms with van der Waals surface area (Å²) in [5.41, 5.74) is 0.595. The Balaban J connectivity index is 1.73. The van der Waals surface area contributed by atoms with Crippen LogP contribution in [0.25, 0.3) is 21.3 Å². The summed E-state index contributed by atoms with van der Waals surface area (Å²) in [6.07, 6.45) is 1.89. The number of halogens is 3. The van der Waals surface area contributed by atoms with E-state index in [-0.39, 0.29) is 4.96 Å². The van der Waals surface area contributed by atoms with E-state index >= 15 is 0 Å². The lowest BCUT2D eigenvalue weighted by Gasteiger charge is -2.02. The fourth-order valence-electron chi connectivity index (χ4n) is 1.97. The van der Waals surface area contributed by atoms with E-state index in [9.17, 15) is 13.2 Å². The number of nitrogens with zero attached hydrogens (tertiary/aromatic N) is 7. The Morgan fingerprint density at radius 2 is 2.00 bits per heavy atom. The molecule has 11 heteroatoms. The minimum Gasteiger partial charge on any atom is -0.291 e. The van der Waals surface area contributed by atoms with Gasteiger partial charge in [-0.25, -0.2) is 9.97 Å². The van der Waals surface area contributed by atoms with Crippen LogP contribution in [0.2, 0.25) is 0 Å². The minimum atomic E-state index is -4.60. The van der Waals surface area contributed by atoms with Gasteiger partial charge >= 0.3 is 6.18 Å². The van der Waals surface area contributed by atoms with Gasteiger partial charge in [0.2, 0.25) is 4.96 Å². The average molecular weight is 337 g/mol. The van der Waals surface area contributed by atoms with Gasteiger partial charge in [-0.2, -0.15) is 22.8 Å². The average Bonchev–Trinajstić information content (AvgIpc) is 3.22. The summed E-state index contributed by atoms with van der Waals surface area (Å²) in [5, 5.41) is 10.9. The number of fused-ring (bicyclic) bond motifs is 1. The second-order valence-electron chi connectivity index (χ2n) is 4.50. The minimum absolute atomic E-state index is 0.0750. The lowest BCUT2D eigenvalue weighted by molar-refractivity contribution is -0.146. The van der Waals surface area contributed by atoms with E-state index in [4.69, 9.17) is 0 Å². The topological polar surface area (TPSA) is 73.8 Å². The predicted molar refractivity (Wildman–Crippen MR) is 74.0 cm³/mol. The van der Waals surface area contributed by atoms with Crippen LogP contribution in [0.4, 0.5) is 13.2 Å². The molecule has 0 saturated carbocycles. The summed E-state index contributed by atoms with van der Waals surface area (Å²) in [6, 6.07) is 3.45. The van der Waals surface area contributed by atoms with Crippen molar-refractivity contribution in [2.75, 3.05) is 0 Å². The predicted octanol–water partition coefficient (Wildman–Crippen LogP) is 2.45. The van der Waals surface area contributed by atoms with Gasteiger partial charge in [0.25, 0.3) is 5.82 Å². The first kappa shape index (κ1) is 13.8. The number of aromatic nitrogens is 7. The Labute approximate surface area is 130 Å². The molecule has 0 atom stereocenters. The quantitative estimate of drug-likeness (QED) is 0.562. The zero-order valence-corrected chi connectivity index (χ0v) is 12.0. The van der Waals surface area contributed by atoms with Crippen LogP contribution in [0.3, 0.4) is 0 Å². The maximum Gasteiger partial charge on any atom is 0.453 e. The smallest absolute Gasteiger partial charge is 0.291 e. The molecule has 116 valence electrons. The third-order valence-electron chi connectivity index (χ3n) is 3.01. The molecule has 23 heavy (non-hydrogen) atoms. The van der Waals surface area contributed by atoms with Crippen LogP contribution in [0.1, 0.15) is 5.82 Å². The largest absolute Gasteiger partial charge is 0.453 e. The standard InChI is InChI=1S/C12H6F3N7S/c13-12(14,15)10-18-19-11-22(10)20-9(23-11)7-1-2-8(17-5-7)21-4-3-16-6-21/h1-6H. The lowest BCUT2D eigenvalue weighted by Crippen LogP contribution is -2.11. The molecule has 0 aliphatic carbocycles. The number of imidazole rings is 1. The molecule has 0 N–H and O–H groups in total. The molecule has 0 saturated heterocycles. The van der Waals surface area contributed by atoms with Gasteiger partial charge in [0.05, 0.1) is 0 Å². The molecular weight excluding hydrogens is 331 g/mol. The molecular formula is C12H6F3N7S. The molecule has 4 aromatic heterocycles. The van der Waals surface area contributed by atoms with E-state index < -0.39 is 12.0 Å². The van der Waals surface area contributed by atoms with Crippen LogP contribution in [0.15, 0.2) is 37.1 Å². The van der Waals surface area contributed by atoms with Crippen molar-refractivity contribution >= 4 is 16.3 Å². The highest BCUT2D eigenvalue weighted by atomic mass is 32.1. The highest BCUT2D eigenvalue weighted by Gasteiger charge is 2.38. The van der Waals surface area contributed by atoms with Gasteiger partial charge in [-0.05, 0) is 12.1 Å². The van der Waals surface area contributed by atoms with Crippen molar-refractivity contribution in [2.24, 2.45) is 0 Å². The van der Waals surface area contributed by atoms with Gasteiger partial charge in [-0.1, -0.05) is 11.3 Å². The van der Waals surface area contributed by atoms with Crippen LogP contribution in [-0.4, -0.2) is 34.3 Å². The Hall–Kier alpha value is -2.82. The maximum absolute atomic E-state index is 12.8. The van der Waals surface area contributed by atoms with Gasteiger partial charge in [-0.3, -0.25) is 4.57 Å².